The number of nitrogens with one attached hydrogen (secondary N) is 1. The topological polar surface area (TPSA) is 65.8 Å². The van der Waals surface area contributed by atoms with Gasteiger partial charge < -0.3 is 5.32 Å². The number of pyridine rings is 1. The number of hydrogen-bond donors (Lipinski definition) is 1. The minimum absolute atomic E-state index is 0.0367. The molecule has 0 unspecified atom stereocenters. The molecule has 2 aromatic carbocycles. The fourth-order valence-electron chi connectivity index (χ4n) is 2.81. The predicted octanol–water partition coefficient (Wildman–Crippen LogP) is 4.29. The van der Waals surface area contributed by atoms with Gasteiger partial charge in [-0.3, -0.25) is 4.79 Å². The summed E-state index contributed by atoms with van der Waals surface area (Å²) in [4.78, 5) is 17.3. The van der Waals surface area contributed by atoms with Crippen molar-refractivity contribution in [2.24, 2.45) is 0 Å². The quantitative estimate of drug-likeness (QED) is 0.690. The lowest BCUT2D eigenvalue weighted by Gasteiger charge is -2.10. The van der Waals surface area contributed by atoms with Crippen LogP contribution < -0.4 is 5.32 Å². The highest BCUT2D eigenvalue weighted by Gasteiger charge is 2.25. The first-order chi connectivity index (χ1) is 12.7. The number of hydrogen-bond acceptors (Lipinski definition) is 4. The molecule has 1 aromatic heterocycles. The molecule has 1 N–H and O–H groups in total. The van der Waals surface area contributed by atoms with Crippen molar-refractivity contribution < 1.29 is 4.79 Å². The van der Waals surface area contributed by atoms with Gasteiger partial charge in [-0.05, 0) is 36.6 Å². The summed E-state index contributed by atoms with van der Waals surface area (Å²) in [6.45, 7) is 0. The molecule has 128 valence electrons. The summed E-state index contributed by atoms with van der Waals surface area (Å²) >= 11 is 1.54. The molecule has 0 saturated heterocycles. The van der Waals surface area contributed by atoms with Crippen LogP contribution in [0.4, 0.5) is 0 Å². The molecule has 26 heavy (non-hydrogen) atoms. The van der Waals surface area contributed by atoms with E-state index < -0.39 is 0 Å². The Kier molecular flexibility index (Phi) is 4.59. The molecule has 0 aliphatic heterocycles. The van der Waals surface area contributed by atoms with Crippen LogP contribution in [0.3, 0.4) is 0 Å². The van der Waals surface area contributed by atoms with E-state index in [2.05, 4.69) is 16.4 Å². The Morgan fingerprint density at radius 2 is 1.96 bits per heavy atom. The number of carbonyl (C=O) groups is 1. The molecule has 1 fully saturated rings. The second kappa shape index (κ2) is 7.19. The van der Waals surface area contributed by atoms with Gasteiger partial charge in [-0.15, -0.1) is 11.8 Å². The van der Waals surface area contributed by atoms with E-state index in [-0.39, 0.29) is 5.91 Å². The van der Waals surface area contributed by atoms with Gasteiger partial charge in [-0.25, -0.2) is 4.98 Å². The Labute approximate surface area is 156 Å². The molecule has 1 amide bonds. The van der Waals surface area contributed by atoms with Crippen molar-refractivity contribution in [3.05, 3.63) is 71.3 Å². The number of benzene rings is 2. The predicted molar refractivity (Wildman–Crippen MR) is 103 cm³/mol. The SMILES string of the molecule is N#Cc1ccccc1CSc1cc(C(=O)NC2CC2)c2ccccc2n1. The first-order valence-electron chi connectivity index (χ1n) is 8.56. The van der Waals surface area contributed by atoms with Crippen molar-refractivity contribution in [2.75, 3.05) is 0 Å². The highest BCUT2D eigenvalue weighted by atomic mass is 32.2. The fourth-order valence-corrected chi connectivity index (χ4v) is 3.73. The molecular weight excluding hydrogens is 342 g/mol. The molecule has 1 heterocycles. The average molecular weight is 359 g/mol. The van der Waals surface area contributed by atoms with Gasteiger partial charge in [0, 0.05) is 17.2 Å². The molecule has 0 spiro atoms. The van der Waals surface area contributed by atoms with Gasteiger partial charge in [0.05, 0.1) is 27.7 Å². The Morgan fingerprint density at radius 1 is 1.19 bits per heavy atom. The molecule has 5 heteroatoms. The highest BCUT2D eigenvalue weighted by Crippen LogP contribution is 2.28. The summed E-state index contributed by atoms with van der Waals surface area (Å²) in [5.41, 5.74) is 3.12. The smallest absolute Gasteiger partial charge is 0.252 e. The van der Waals surface area contributed by atoms with Crippen LogP contribution in [0, 0.1) is 11.3 Å². The molecule has 4 rings (SSSR count). The van der Waals surface area contributed by atoms with E-state index in [1.54, 1.807) is 11.8 Å². The van der Waals surface area contributed by atoms with Crippen LogP contribution in [0.2, 0.25) is 0 Å². The zero-order valence-corrected chi connectivity index (χ0v) is 14.9. The van der Waals surface area contributed by atoms with Gasteiger partial charge in [0.2, 0.25) is 0 Å². The van der Waals surface area contributed by atoms with E-state index in [1.807, 2.05) is 54.6 Å². The van der Waals surface area contributed by atoms with E-state index in [0.29, 0.717) is 22.9 Å². The molecule has 0 atom stereocenters. The van der Waals surface area contributed by atoms with E-state index >= 15 is 0 Å². The maximum atomic E-state index is 12.6. The molecule has 0 radical (unpaired) electrons. The summed E-state index contributed by atoms with van der Waals surface area (Å²) in [7, 11) is 0. The van der Waals surface area contributed by atoms with Gasteiger partial charge in [0.1, 0.15) is 0 Å². The number of nitriles is 1. The first kappa shape index (κ1) is 16.6. The zero-order chi connectivity index (χ0) is 17.9. The molecule has 3 aromatic rings. The van der Waals surface area contributed by atoms with Crippen molar-refractivity contribution in [1.82, 2.24) is 10.3 Å². The number of carbonyl (C=O) groups excluding carboxylic acids is 1. The number of thioether (sulfide) groups is 1. The van der Waals surface area contributed by atoms with Crippen LogP contribution in [0.25, 0.3) is 10.9 Å². The zero-order valence-electron chi connectivity index (χ0n) is 14.1. The molecule has 4 nitrogen and oxygen atoms in total. The largest absolute Gasteiger partial charge is 0.349 e. The Morgan fingerprint density at radius 3 is 2.77 bits per heavy atom. The molecular formula is C21H17N3OS. The third-order valence-corrected chi connectivity index (χ3v) is 5.32. The summed E-state index contributed by atoms with van der Waals surface area (Å²) in [5, 5.41) is 14.0. The standard InChI is InChI=1S/C21H17N3OS/c22-12-14-5-1-2-6-15(14)13-26-20-11-18(21(25)23-16-9-10-16)17-7-3-4-8-19(17)24-20/h1-8,11,16H,9-10,13H2,(H,23,25). The van der Waals surface area contributed by atoms with Gasteiger partial charge in [-0.1, -0.05) is 36.4 Å². The second-order valence-corrected chi connectivity index (χ2v) is 7.33. The van der Waals surface area contributed by atoms with Crippen LogP contribution in [-0.4, -0.2) is 16.9 Å². The molecule has 1 aliphatic rings. The van der Waals surface area contributed by atoms with Gasteiger partial charge in [0.25, 0.3) is 5.91 Å². The maximum Gasteiger partial charge on any atom is 0.252 e. The van der Waals surface area contributed by atoms with Crippen LogP contribution in [0.15, 0.2) is 59.6 Å². The second-order valence-electron chi connectivity index (χ2n) is 6.33. The maximum absolute atomic E-state index is 12.6. The first-order valence-corrected chi connectivity index (χ1v) is 9.54. The van der Waals surface area contributed by atoms with Crippen LogP contribution in [-0.2, 0) is 5.75 Å². The number of para-hydroxylation sites is 1. The number of rotatable bonds is 5. The normalized spacial score (nSPS) is 13.3. The van der Waals surface area contributed by atoms with Crippen molar-refractivity contribution >= 4 is 28.6 Å². The minimum Gasteiger partial charge on any atom is -0.349 e. The lowest BCUT2D eigenvalue weighted by atomic mass is 10.1. The van der Waals surface area contributed by atoms with E-state index in [1.165, 1.54) is 0 Å². The van der Waals surface area contributed by atoms with Crippen LogP contribution >= 0.6 is 11.8 Å². The van der Waals surface area contributed by atoms with Gasteiger partial charge >= 0.3 is 0 Å². The summed E-state index contributed by atoms with van der Waals surface area (Å²) < 4.78 is 0. The Bertz CT molecular complexity index is 1020. The summed E-state index contributed by atoms with van der Waals surface area (Å²) in [5.74, 6) is 0.601. The van der Waals surface area contributed by atoms with Crippen molar-refractivity contribution in [3.63, 3.8) is 0 Å². The Balaban J connectivity index is 1.64. The van der Waals surface area contributed by atoms with Crippen molar-refractivity contribution in [1.29, 1.82) is 5.26 Å². The summed E-state index contributed by atoms with van der Waals surface area (Å²) in [6.07, 6.45) is 2.11. The van der Waals surface area contributed by atoms with Crippen LogP contribution in [0.1, 0.15) is 34.3 Å². The van der Waals surface area contributed by atoms with Crippen molar-refractivity contribution in [2.45, 2.75) is 29.7 Å². The number of fused-ring (bicyclic) bond motifs is 1. The van der Waals surface area contributed by atoms with Crippen molar-refractivity contribution in [3.8, 4) is 6.07 Å². The fraction of sp³-hybridized carbons (Fsp3) is 0.190. The van der Waals surface area contributed by atoms with Crippen LogP contribution in [0.5, 0.6) is 0 Å². The lowest BCUT2D eigenvalue weighted by molar-refractivity contribution is 0.0952. The third-order valence-electron chi connectivity index (χ3n) is 4.36. The monoisotopic (exact) mass is 359 g/mol. The average Bonchev–Trinajstić information content (AvgIpc) is 3.49. The molecule has 1 saturated carbocycles. The molecule has 1 aliphatic carbocycles. The number of nitrogens with zero attached hydrogens (tertiary/aromatic N) is 2. The third kappa shape index (κ3) is 3.56. The lowest BCUT2D eigenvalue weighted by Crippen LogP contribution is -2.25. The van der Waals surface area contributed by atoms with E-state index in [9.17, 15) is 10.1 Å². The van der Waals surface area contributed by atoms with Gasteiger partial charge in [-0.2, -0.15) is 5.26 Å². The van der Waals surface area contributed by atoms with E-state index in [4.69, 9.17) is 0 Å². The van der Waals surface area contributed by atoms with Gasteiger partial charge in [0.15, 0.2) is 0 Å². The number of aromatic nitrogens is 1. The highest BCUT2D eigenvalue weighted by molar-refractivity contribution is 7.98. The summed E-state index contributed by atoms with van der Waals surface area (Å²) in [6, 6.07) is 19.7. The Hall–Kier alpha value is -2.84. The number of amides is 1. The minimum atomic E-state index is -0.0367. The van der Waals surface area contributed by atoms with E-state index in [0.717, 1.165) is 34.3 Å². The molecule has 0 bridgehead atoms.